The van der Waals surface area contributed by atoms with Crippen LogP contribution in [0.4, 0.5) is 4.39 Å². The topological polar surface area (TPSA) is 38.3 Å². The van der Waals surface area contributed by atoms with E-state index in [0.29, 0.717) is 30.2 Å². The number of carbonyl (C=O) groups is 1. The number of amides is 1. The van der Waals surface area contributed by atoms with Crippen molar-refractivity contribution in [3.05, 3.63) is 30.1 Å². The number of hydrogen-bond acceptors (Lipinski definition) is 2. The molecule has 4 heteroatoms. The lowest BCUT2D eigenvalue weighted by molar-refractivity contribution is -0.122. The van der Waals surface area contributed by atoms with Gasteiger partial charge in [0.15, 0.2) is 0 Å². The summed E-state index contributed by atoms with van der Waals surface area (Å²) in [7, 11) is 0. The monoisotopic (exact) mass is 279 g/mol. The molecule has 1 aliphatic carbocycles. The van der Waals surface area contributed by atoms with Crippen molar-refractivity contribution in [3.63, 3.8) is 0 Å². The molecule has 2 rings (SSSR count). The Hall–Kier alpha value is -1.58. The first-order valence-corrected chi connectivity index (χ1v) is 7.12. The predicted molar refractivity (Wildman–Crippen MR) is 76.1 cm³/mol. The average Bonchev–Trinajstić information content (AvgIpc) is 2.71. The maximum Gasteiger partial charge on any atom is 0.223 e. The summed E-state index contributed by atoms with van der Waals surface area (Å²) in [6.07, 6.45) is 3.58. The number of carbonyl (C=O) groups excluding carboxylic acids is 1. The van der Waals surface area contributed by atoms with E-state index in [-0.39, 0.29) is 11.7 Å². The van der Waals surface area contributed by atoms with Crippen molar-refractivity contribution in [2.45, 2.75) is 45.6 Å². The maximum absolute atomic E-state index is 12.7. The second-order valence-corrected chi connectivity index (χ2v) is 6.22. The van der Waals surface area contributed by atoms with Crippen molar-refractivity contribution < 1.29 is 13.9 Å². The lowest BCUT2D eigenvalue weighted by atomic mass is 9.92. The first kappa shape index (κ1) is 14.8. The van der Waals surface area contributed by atoms with Gasteiger partial charge in [-0.05, 0) is 48.9 Å². The SMILES string of the molecule is CC1(C)CCC(NC(=O)CCOc2ccc(F)cc2)C1. The fourth-order valence-electron chi connectivity index (χ4n) is 2.65. The largest absolute Gasteiger partial charge is 0.493 e. The summed E-state index contributed by atoms with van der Waals surface area (Å²) in [5.74, 6) is 0.315. The quantitative estimate of drug-likeness (QED) is 0.898. The second-order valence-electron chi connectivity index (χ2n) is 6.22. The van der Waals surface area contributed by atoms with Crippen molar-refractivity contribution in [1.29, 1.82) is 0 Å². The van der Waals surface area contributed by atoms with Gasteiger partial charge < -0.3 is 10.1 Å². The molecule has 0 radical (unpaired) electrons. The minimum atomic E-state index is -0.293. The molecule has 1 amide bonds. The van der Waals surface area contributed by atoms with E-state index in [0.717, 1.165) is 19.3 Å². The van der Waals surface area contributed by atoms with Gasteiger partial charge in [-0.1, -0.05) is 13.8 Å². The third-order valence-corrected chi connectivity index (χ3v) is 3.75. The molecule has 1 aliphatic rings. The molecule has 0 heterocycles. The lowest BCUT2D eigenvalue weighted by Gasteiger charge is -2.17. The highest BCUT2D eigenvalue weighted by molar-refractivity contribution is 5.76. The van der Waals surface area contributed by atoms with E-state index < -0.39 is 0 Å². The van der Waals surface area contributed by atoms with Crippen LogP contribution < -0.4 is 10.1 Å². The molecule has 20 heavy (non-hydrogen) atoms. The van der Waals surface area contributed by atoms with E-state index >= 15 is 0 Å². The van der Waals surface area contributed by atoms with Crippen LogP contribution >= 0.6 is 0 Å². The Morgan fingerprint density at radius 3 is 2.70 bits per heavy atom. The smallest absolute Gasteiger partial charge is 0.223 e. The van der Waals surface area contributed by atoms with Crippen LogP contribution in [-0.2, 0) is 4.79 Å². The highest BCUT2D eigenvalue weighted by atomic mass is 19.1. The van der Waals surface area contributed by atoms with Crippen LogP contribution in [0.5, 0.6) is 5.75 Å². The molecular formula is C16H22FNO2. The van der Waals surface area contributed by atoms with Crippen LogP contribution in [0.15, 0.2) is 24.3 Å². The summed E-state index contributed by atoms with van der Waals surface area (Å²) in [5, 5.41) is 3.05. The van der Waals surface area contributed by atoms with Gasteiger partial charge in [-0.2, -0.15) is 0 Å². The number of nitrogens with one attached hydrogen (secondary N) is 1. The van der Waals surface area contributed by atoms with Crippen LogP contribution in [0.2, 0.25) is 0 Å². The molecule has 0 saturated heterocycles. The maximum atomic E-state index is 12.7. The Morgan fingerprint density at radius 1 is 1.40 bits per heavy atom. The van der Waals surface area contributed by atoms with Gasteiger partial charge in [-0.15, -0.1) is 0 Å². The second kappa shape index (κ2) is 6.25. The highest BCUT2D eigenvalue weighted by Crippen LogP contribution is 2.36. The van der Waals surface area contributed by atoms with Crippen molar-refractivity contribution in [3.8, 4) is 5.75 Å². The standard InChI is InChI=1S/C16H22FNO2/c1-16(2)9-7-13(11-16)18-15(19)8-10-20-14-5-3-12(17)4-6-14/h3-6,13H,7-11H2,1-2H3,(H,18,19). The number of rotatable bonds is 5. The zero-order valence-corrected chi connectivity index (χ0v) is 12.1. The van der Waals surface area contributed by atoms with E-state index in [4.69, 9.17) is 4.74 Å². The van der Waals surface area contributed by atoms with Gasteiger partial charge in [0.1, 0.15) is 11.6 Å². The summed E-state index contributed by atoms with van der Waals surface area (Å²) >= 11 is 0. The predicted octanol–water partition coefficient (Wildman–Crippen LogP) is 3.29. The first-order valence-electron chi connectivity index (χ1n) is 7.12. The Balaban J connectivity index is 1.67. The van der Waals surface area contributed by atoms with Crippen molar-refractivity contribution in [2.75, 3.05) is 6.61 Å². The average molecular weight is 279 g/mol. The summed E-state index contributed by atoms with van der Waals surface area (Å²) in [6.45, 7) is 4.78. The van der Waals surface area contributed by atoms with E-state index in [1.807, 2.05) is 0 Å². The Bertz CT molecular complexity index is 456. The molecule has 0 aromatic heterocycles. The molecular weight excluding hydrogens is 257 g/mol. The van der Waals surface area contributed by atoms with E-state index in [9.17, 15) is 9.18 Å². The number of benzene rings is 1. The lowest BCUT2D eigenvalue weighted by Crippen LogP contribution is -2.34. The summed E-state index contributed by atoms with van der Waals surface area (Å²) < 4.78 is 18.1. The van der Waals surface area contributed by atoms with Crippen LogP contribution in [0, 0.1) is 11.2 Å². The molecule has 0 spiro atoms. The summed E-state index contributed by atoms with van der Waals surface area (Å²) in [5.41, 5.74) is 0.336. The normalized spacial score (nSPS) is 20.6. The molecule has 110 valence electrons. The third kappa shape index (κ3) is 4.51. The van der Waals surface area contributed by atoms with Gasteiger partial charge in [0.2, 0.25) is 5.91 Å². The molecule has 1 aromatic rings. The number of hydrogen-bond donors (Lipinski definition) is 1. The van der Waals surface area contributed by atoms with Gasteiger partial charge in [-0.3, -0.25) is 4.79 Å². The Morgan fingerprint density at radius 2 is 2.10 bits per heavy atom. The number of halogens is 1. The molecule has 3 nitrogen and oxygen atoms in total. The molecule has 0 aliphatic heterocycles. The van der Waals surface area contributed by atoms with Gasteiger partial charge >= 0.3 is 0 Å². The molecule has 1 atom stereocenters. The van der Waals surface area contributed by atoms with Crippen molar-refractivity contribution in [2.24, 2.45) is 5.41 Å². The van der Waals surface area contributed by atoms with Crippen LogP contribution in [-0.4, -0.2) is 18.6 Å². The summed E-state index contributed by atoms with van der Waals surface area (Å²) in [4.78, 5) is 11.8. The minimum Gasteiger partial charge on any atom is -0.493 e. The van der Waals surface area contributed by atoms with Crippen LogP contribution in [0.1, 0.15) is 39.5 Å². The third-order valence-electron chi connectivity index (χ3n) is 3.75. The van der Waals surface area contributed by atoms with Gasteiger partial charge in [0.25, 0.3) is 0 Å². The molecule has 1 unspecified atom stereocenters. The Kier molecular flexibility index (Phi) is 4.63. The molecule has 1 aromatic carbocycles. The van der Waals surface area contributed by atoms with E-state index in [1.54, 1.807) is 12.1 Å². The van der Waals surface area contributed by atoms with Crippen molar-refractivity contribution in [1.82, 2.24) is 5.32 Å². The van der Waals surface area contributed by atoms with E-state index in [2.05, 4.69) is 19.2 Å². The number of ether oxygens (including phenoxy) is 1. The minimum absolute atomic E-state index is 0.0230. The molecule has 1 N–H and O–H groups in total. The van der Waals surface area contributed by atoms with Crippen molar-refractivity contribution >= 4 is 5.91 Å². The van der Waals surface area contributed by atoms with Gasteiger partial charge in [0.05, 0.1) is 13.0 Å². The van der Waals surface area contributed by atoms with Crippen LogP contribution in [0.25, 0.3) is 0 Å². The molecule has 1 saturated carbocycles. The molecule has 0 bridgehead atoms. The fraction of sp³-hybridized carbons (Fsp3) is 0.562. The Labute approximate surface area is 119 Å². The van der Waals surface area contributed by atoms with Gasteiger partial charge in [0, 0.05) is 6.04 Å². The molecule has 1 fully saturated rings. The summed E-state index contributed by atoms with van der Waals surface area (Å²) in [6, 6.07) is 6.11. The highest BCUT2D eigenvalue weighted by Gasteiger charge is 2.31. The zero-order valence-electron chi connectivity index (χ0n) is 12.1. The zero-order chi connectivity index (χ0) is 14.6. The van der Waals surface area contributed by atoms with E-state index in [1.165, 1.54) is 12.1 Å². The fourth-order valence-corrected chi connectivity index (χ4v) is 2.65. The van der Waals surface area contributed by atoms with Gasteiger partial charge in [-0.25, -0.2) is 4.39 Å². The first-order chi connectivity index (χ1) is 9.44. The van der Waals surface area contributed by atoms with Crippen LogP contribution in [0.3, 0.4) is 0 Å².